The summed E-state index contributed by atoms with van der Waals surface area (Å²) in [4.78, 5) is 44.0. The molecular formula is C38H44O9. The molecule has 0 saturated heterocycles. The van der Waals surface area contributed by atoms with Crippen molar-refractivity contribution in [3.05, 3.63) is 104 Å². The standard InChI is InChI=1S/C38H44O9/c1-4-36(39)43-27-13-11-9-7-6-8-10-12-26-42-33-20-18-32(19-21-33)38(41)46-35-24-16-31(17-25-35)30-14-22-34(23-15-30)45-29(3)28-44-47-37(40)5-2/h4-5,14-25,29H,1-2,6-13,26-28H2,3H3/t29-/m0/s1. The second kappa shape index (κ2) is 21.0. The van der Waals surface area contributed by atoms with Crippen LogP contribution in [0.25, 0.3) is 11.1 Å². The molecule has 0 N–H and O–H groups in total. The highest BCUT2D eigenvalue weighted by molar-refractivity contribution is 5.91. The number of hydrogen-bond donors (Lipinski definition) is 0. The Hall–Kier alpha value is -4.89. The van der Waals surface area contributed by atoms with E-state index in [0.717, 1.165) is 61.5 Å². The second-order valence-corrected chi connectivity index (χ2v) is 10.8. The second-order valence-electron chi connectivity index (χ2n) is 10.8. The van der Waals surface area contributed by atoms with E-state index in [0.29, 0.717) is 30.3 Å². The van der Waals surface area contributed by atoms with Crippen molar-refractivity contribution in [3.63, 3.8) is 0 Å². The SMILES string of the molecule is C=CC(=O)OCCCCCCCCCCOc1ccc(C(=O)Oc2ccc(-c3ccc(O[C@@H](C)COOC(=O)C=C)cc3)cc2)cc1. The summed E-state index contributed by atoms with van der Waals surface area (Å²) < 4.78 is 22.1. The number of esters is 2. The molecular weight excluding hydrogens is 600 g/mol. The number of carbonyl (C=O) groups excluding carboxylic acids is 3. The average Bonchev–Trinajstić information content (AvgIpc) is 3.09. The third kappa shape index (κ3) is 14.4. The van der Waals surface area contributed by atoms with Crippen molar-refractivity contribution in [1.82, 2.24) is 0 Å². The maximum atomic E-state index is 12.7. The Bertz CT molecular complexity index is 1400. The van der Waals surface area contributed by atoms with E-state index >= 15 is 0 Å². The minimum Gasteiger partial charge on any atom is -0.494 e. The number of hydrogen-bond acceptors (Lipinski definition) is 9. The van der Waals surface area contributed by atoms with Crippen LogP contribution in [0.4, 0.5) is 0 Å². The lowest BCUT2D eigenvalue weighted by molar-refractivity contribution is -0.274. The lowest BCUT2D eigenvalue weighted by Gasteiger charge is -2.14. The minimum atomic E-state index is -0.664. The molecule has 0 aromatic heterocycles. The van der Waals surface area contributed by atoms with Crippen LogP contribution < -0.4 is 14.2 Å². The zero-order chi connectivity index (χ0) is 33.7. The molecule has 0 aliphatic heterocycles. The van der Waals surface area contributed by atoms with E-state index in [-0.39, 0.29) is 18.7 Å². The van der Waals surface area contributed by atoms with Gasteiger partial charge in [-0.25, -0.2) is 14.4 Å². The molecule has 0 aliphatic rings. The smallest absolute Gasteiger partial charge is 0.365 e. The van der Waals surface area contributed by atoms with Gasteiger partial charge in [0.25, 0.3) is 0 Å². The Morgan fingerprint density at radius 2 is 1.15 bits per heavy atom. The quantitative estimate of drug-likeness (QED) is 0.0267. The van der Waals surface area contributed by atoms with Crippen LogP contribution in [0.15, 0.2) is 98.1 Å². The molecule has 0 heterocycles. The lowest BCUT2D eigenvalue weighted by Crippen LogP contribution is -2.20. The summed E-state index contributed by atoms with van der Waals surface area (Å²) in [6.45, 7) is 9.64. The van der Waals surface area contributed by atoms with Crippen LogP contribution in [0.1, 0.15) is 68.6 Å². The first kappa shape index (κ1) is 36.6. The highest BCUT2D eigenvalue weighted by Gasteiger charge is 2.11. The largest absolute Gasteiger partial charge is 0.494 e. The van der Waals surface area contributed by atoms with Gasteiger partial charge >= 0.3 is 17.9 Å². The summed E-state index contributed by atoms with van der Waals surface area (Å²) in [5, 5.41) is 0. The molecule has 3 aromatic carbocycles. The molecule has 0 unspecified atom stereocenters. The molecule has 0 spiro atoms. The zero-order valence-corrected chi connectivity index (χ0v) is 27.0. The fourth-order valence-electron chi connectivity index (χ4n) is 4.47. The van der Waals surface area contributed by atoms with E-state index in [1.165, 1.54) is 18.9 Å². The van der Waals surface area contributed by atoms with Crippen molar-refractivity contribution in [2.45, 2.75) is 64.4 Å². The fourth-order valence-corrected chi connectivity index (χ4v) is 4.47. The number of carbonyl (C=O) groups is 3. The number of benzene rings is 3. The molecule has 47 heavy (non-hydrogen) atoms. The Morgan fingerprint density at radius 1 is 0.638 bits per heavy atom. The lowest BCUT2D eigenvalue weighted by atomic mass is 10.1. The summed E-state index contributed by atoms with van der Waals surface area (Å²) in [6, 6.07) is 21.8. The van der Waals surface area contributed by atoms with Crippen LogP contribution in [0.3, 0.4) is 0 Å². The van der Waals surface area contributed by atoms with Gasteiger partial charge in [-0.05, 0) is 79.4 Å². The van der Waals surface area contributed by atoms with Crippen LogP contribution in [0.5, 0.6) is 17.2 Å². The molecule has 0 amide bonds. The number of ether oxygens (including phenoxy) is 4. The highest BCUT2D eigenvalue weighted by Crippen LogP contribution is 2.26. The van der Waals surface area contributed by atoms with Crippen LogP contribution in [0, 0.1) is 0 Å². The third-order valence-electron chi connectivity index (χ3n) is 7.01. The van der Waals surface area contributed by atoms with Gasteiger partial charge in [0.1, 0.15) is 30.0 Å². The number of rotatable bonds is 22. The van der Waals surface area contributed by atoms with E-state index in [1.54, 1.807) is 43.3 Å². The van der Waals surface area contributed by atoms with Gasteiger partial charge in [-0.15, -0.1) is 0 Å². The molecule has 3 aromatic rings. The Morgan fingerprint density at radius 3 is 1.72 bits per heavy atom. The van der Waals surface area contributed by atoms with Crippen LogP contribution in [0.2, 0.25) is 0 Å². The van der Waals surface area contributed by atoms with Crippen molar-refractivity contribution >= 4 is 17.9 Å². The molecule has 0 bridgehead atoms. The fraction of sp³-hybridized carbons (Fsp3) is 0.342. The van der Waals surface area contributed by atoms with Crippen molar-refractivity contribution in [3.8, 4) is 28.4 Å². The molecule has 0 saturated carbocycles. The van der Waals surface area contributed by atoms with Crippen molar-refractivity contribution < 1.29 is 43.1 Å². The van der Waals surface area contributed by atoms with E-state index < -0.39 is 11.9 Å². The van der Waals surface area contributed by atoms with Gasteiger partial charge in [-0.1, -0.05) is 75.9 Å². The van der Waals surface area contributed by atoms with Gasteiger partial charge < -0.3 is 18.9 Å². The Labute approximate surface area is 277 Å². The van der Waals surface area contributed by atoms with Crippen LogP contribution in [-0.2, 0) is 24.1 Å². The van der Waals surface area contributed by atoms with E-state index in [1.807, 2.05) is 36.4 Å². The van der Waals surface area contributed by atoms with Gasteiger partial charge in [0.2, 0.25) is 0 Å². The highest BCUT2D eigenvalue weighted by atomic mass is 17.2. The Kier molecular flexibility index (Phi) is 16.3. The van der Waals surface area contributed by atoms with E-state index in [4.69, 9.17) is 23.8 Å². The predicted octanol–water partition coefficient (Wildman–Crippen LogP) is 8.23. The molecule has 9 heteroatoms. The van der Waals surface area contributed by atoms with Crippen LogP contribution >= 0.6 is 0 Å². The van der Waals surface area contributed by atoms with Gasteiger partial charge in [-0.3, -0.25) is 4.89 Å². The summed E-state index contributed by atoms with van der Waals surface area (Å²) >= 11 is 0. The molecule has 0 aliphatic carbocycles. The molecule has 1 atom stereocenters. The maximum absolute atomic E-state index is 12.7. The minimum absolute atomic E-state index is 0.0725. The molecule has 0 fully saturated rings. The number of unbranched alkanes of at least 4 members (excludes halogenated alkanes) is 7. The summed E-state index contributed by atoms with van der Waals surface area (Å²) in [5.41, 5.74) is 2.35. The first-order valence-electron chi connectivity index (χ1n) is 15.9. The normalized spacial score (nSPS) is 11.2. The van der Waals surface area contributed by atoms with Gasteiger partial charge in [0.15, 0.2) is 0 Å². The molecule has 250 valence electrons. The molecule has 0 radical (unpaired) electrons. The molecule has 9 nitrogen and oxygen atoms in total. The Balaban J connectivity index is 1.31. The van der Waals surface area contributed by atoms with Crippen molar-refractivity contribution in [1.29, 1.82) is 0 Å². The maximum Gasteiger partial charge on any atom is 0.365 e. The predicted molar refractivity (Wildman–Crippen MR) is 179 cm³/mol. The van der Waals surface area contributed by atoms with Crippen LogP contribution in [-0.4, -0.2) is 43.8 Å². The van der Waals surface area contributed by atoms with E-state index in [9.17, 15) is 14.4 Å². The first-order chi connectivity index (χ1) is 22.9. The van der Waals surface area contributed by atoms with E-state index in [2.05, 4.69) is 18.0 Å². The zero-order valence-electron chi connectivity index (χ0n) is 27.0. The van der Waals surface area contributed by atoms with Gasteiger partial charge in [0, 0.05) is 12.2 Å². The van der Waals surface area contributed by atoms with Crippen molar-refractivity contribution in [2.24, 2.45) is 0 Å². The first-order valence-corrected chi connectivity index (χ1v) is 15.9. The topological polar surface area (TPSA) is 107 Å². The summed E-state index contributed by atoms with van der Waals surface area (Å²) in [7, 11) is 0. The summed E-state index contributed by atoms with van der Waals surface area (Å²) in [5.74, 6) is 0.340. The molecule has 3 rings (SSSR count). The third-order valence-corrected chi connectivity index (χ3v) is 7.01. The average molecular weight is 645 g/mol. The van der Waals surface area contributed by atoms with Gasteiger partial charge in [0.05, 0.1) is 18.8 Å². The van der Waals surface area contributed by atoms with Crippen molar-refractivity contribution in [2.75, 3.05) is 19.8 Å². The van der Waals surface area contributed by atoms with Gasteiger partial charge in [-0.2, -0.15) is 4.89 Å². The summed E-state index contributed by atoms with van der Waals surface area (Å²) in [6.07, 6.45) is 10.6. The monoisotopic (exact) mass is 644 g/mol.